The van der Waals surface area contributed by atoms with Crippen molar-refractivity contribution in [2.24, 2.45) is 0 Å². The molecule has 0 amide bonds. The van der Waals surface area contributed by atoms with Crippen molar-refractivity contribution in [3.05, 3.63) is 59.4 Å². The molecule has 0 aliphatic rings. The maximum Gasteiger partial charge on any atom is 0.167 e. The van der Waals surface area contributed by atoms with Gasteiger partial charge in [-0.05, 0) is 29.7 Å². The van der Waals surface area contributed by atoms with Crippen LogP contribution in [0.1, 0.15) is 30.9 Å². The fraction of sp³-hybridized carbons (Fsp3) is 0.250. The van der Waals surface area contributed by atoms with Crippen LogP contribution >= 0.6 is 11.6 Å². The van der Waals surface area contributed by atoms with E-state index in [1.54, 1.807) is 12.1 Å². The van der Waals surface area contributed by atoms with Gasteiger partial charge >= 0.3 is 0 Å². The minimum Gasteiger partial charge on any atom is -0.454 e. The Bertz CT molecular complexity index is 549. The van der Waals surface area contributed by atoms with Crippen LogP contribution in [0.25, 0.3) is 0 Å². The van der Waals surface area contributed by atoms with Crippen LogP contribution in [-0.2, 0) is 5.88 Å². The molecule has 0 radical (unpaired) electrons. The smallest absolute Gasteiger partial charge is 0.167 e. The molecule has 0 aliphatic carbocycles. The summed E-state index contributed by atoms with van der Waals surface area (Å²) in [5.41, 5.74) is 1.87. The van der Waals surface area contributed by atoms with Gasteiger partial charge in [0.15, 0.2) is 11.6 Å². The number of para-hydroxylation sites is 1. The molecule has 3 heteroatoms. The van der Waals surface area contributed by atoms with Crippen molar-refractivity contribution in [2.45, 2.75) is 25.6 Å². The van der Waals surface area contributed by atoms with Crippen LogP contribution in [0.3, 0.4) is 0 Å². The normalized spacial score (nSPS) is 10.8. The van der Waals surface area contributed by atoms with E-state index in [-0.39, 0.29) is 11.6 Å². The Labute approximate surface area is 118 Å². The van der Waals surface area contributed by atoms with Crippen molar-refractivity contribution in [3.63, 3.8) is 0 Å². The Morgan fingerprint density at radius 2 is 1.79 bits per heavy atom. The van der Waals surface area contributed by atoms with Crippen molar-refractivity contribution in [3.8, 4) is 11.5 Å². The highest BCUT2D eigenvalue weighted by Gasteiger charge is 2.10. The van der Waals surface area contributed by atoms with Gasteiger partial charge in [0.2, 0.25) is 0 Å². The highest BCUT2D eigenvalue weighted by atomic mass is 35.5. The summed E-state index contributed by atoms with van der Waals surface area (Å²) in [5.74, 6) is 1.10. The van der Waals surface area contributed by atoms with Crippen molar-refractivity contribution in [2.75, 3.05) is 0 Å². The second-order valence-electron chi connectivity index (χ2n) is 4.69. The molecule has 2 aromatic carbocycles. The van der Waals surface area contributed by atoms with E-state index in [0.717, 1.165) is 0 Å². The van der Waals surface area contributed by atoms with Crippen LogP contribution in [0.4, 0.5) is 4.39 Å². The third-order valence-corrected chi connectivity index (χ3v) is 3.25. The molecule has 0 N–H and O–H groups in total. The van der Waals surface area contributed by atoms with E-state index in [0.29, 0.717) is 17.2 Å². The molecule has 0 bridgehead atoms. The third kappa shape index (κ3) is 3.27. The molecule has 0 spiro atoms. The number of benzene rings is 2. The van der Waals surface area contributed by atoms with Crippen molar-refractivity contribution in [1.82, 2.24) is 0 Å². The fourth-order valence-electron chi connectivity index (χ4n) is 1.81. The molecule has 2 rings (SSSR count). The number of hydrogen-bond acceptors (Lipinski definition) is 1. The third-order valence-electron chi connectivity index (χ3n) is 2.96. The quantitative estimate of drug-likeness (QED) is 0.673. The van der Waals surface area contributed by atoms with Crippen molar-refractivity contribution >= 4 is 11.6 Å². The zero-order chi connectivity index (χ0) is 13.8. The van der Waals surface area contributed by atoms with Gasteiger partial charge in [-0.3, -0.25) is 0 Å². The van der Waals surface area contributed by atoms with Crippen LogP contribution in [0.5, 0.6) is 11.5 Å². The summed E-state index contributed by atoms with van der Waals surface area (Å²) < 4.78 is 19.4. The Hall–Kier alpha value is -1.54. The lowest BCUT2D eigenvalue weighted by atomic mass is 10.0. The topological polar surface area (TPSA) is 9.23 Å². The van der Waals surface area contributed by atoms with Gasteiger partial charge in [-0.2, -0.15) is 0 Å². The lowest BCUT2D eigenvalue weighted by Gasteiger charge is -2.11. The maximum atomic E-state index is 13.7. The SMILES string of the molecule is CC(C)c1ccc(Oc2c(F)cccc2CCl)cc1. The Morgan fingerprint density at radius 3 is 2.37 bits per heavy atom. The first-order valence-electron chi connectivity index (χ1n) is 6.23. The van der Waals surface area contributed by atoms with Crippen LogP contribution in [0, 0.1) is 5.82 Å². The minimum atomic E-state index is -0.397. The number of alkyl halides is 1. The maximum absolute atomic E-state index is 13.7. The van der Waals surface area contributed by atoms with Gasteiger partial charge in [-0.1, -0.05) is 38.1 Å². The van der Waals surface area contributed by atoms with Gasteiger partial charge < -0.3 is 4.74 Å². The first kappa shape index (κ1) is 13.9. The fourth-order valence-corrected chi connectivity index (χ4v) is 2.02. The second kappa shape index (κ2) is 6.07. The molecule has 0 atom stereocenters. The summed E-state index contributed by atoms with van der Waals surface area (Å²) in [6.07, 6.45) is 0. The molecule has 0 saturated heterocycles. The first-order chi connectivity index (χ1) is 9.11. The van der Waals surface area contributed by atoms with Crippen LogP contribution in [-0.4, -0.2) is 0 Å². The standard InChI is InChI=1S/C16H16ClFO/c1-11(2)12-6-8-14(9-7-12)19-16-13(10-17)4-3-5-15(16)18/h3-9,11H,10H2,1-2H3. The van der Waals surface area contributed by atoms with Crippen molar-refractivity contribution < 1.29 is 9.13 Å². The molecular weight excluding hydrogens is 263 g/mol. The lowest BCUT2D eigenvalue weighted by Crippen LogP contribution is -1.94. The minimum absolute atomic E-state index is 0.204. The zero-order valence-electron chi connectivity index (χ0n) is 11.0. The summed E-state index contributed by atoms with van der Waals surface area (Å²) in [6.45, 7) is 4.25. The van der Waals surface area contributed by atoms with Gasteiger partial charge in [0.1, 0.15) is 5.75 Å². The summed E-state index contributed by atoms with van der Waals surface area (Å²) in [4.78, 5) is 0. The number of ether oxygens (including phenoxy) is 1. The molecule has 100 valence electrons. The molecule has 0 heterocycles. The lowest BCUT2D eigenvalue weighted by molar-refractivity contribution is 0.438. The number of rotatable bonds is 4. The molecule has 0 fully saturated rings. The highest BCUT2D eigenvalue weighted by Crippen LogP contribution is 2.30. The van der Waals surface area contributed by atoms with E-state index in [2.05, 4.69) is 13.8 Å². The van der Waals surface area contributed by atoms with E-state index < -0.39 is 5.82 Å². The van der Waals surface area contributed by atoms with E-state index in [1.165, 1.54) is 11.6 Å². The molecule has 0 aromatic heterocycles. The van der Waals surface area contributed by atoms with E-state index in [1.807, 2.05) is 24.3 Å². The molecular formula is C16H16ClFO. The molecule has 0 saturated carbocycles. The molecule has 19 heavy (non-hydrogen) atoms. The zero-order valence-corrected chi connectivity index (χ0v) is 11.7. The van der Waals surface area contributed by atoms with Crippen LogP contribution in [0.15, 0.2) is 42.5 Å². The predicted molar refractivity (Wildman–Crippen MR) is 76.6 cm³/mol. The number of hydrogen-bond donors (Lipinski definition) is 0. The van der Waals surface area contributed by atoms with Gasteiger partial charge in [-0.15, -0.1) is 11.6 Å². The van der Waals surface area contributed by atoms with Gasteiger partial charge in [0.05, 0.1) is 5.88 Å². The molecule has 2 aromatic rings. The highest BCUT2D eigenvalue weighted by molar-refractivity contribution is 6.17. The Balaban J connectivity index is 2.26. The van der Waals surface area contributed by atoms with Crippen LogP contribution < -0.4 is 4.74 Å². The summed E-state index contributed by atoms with van der Waals surface area (Å²) in [6, 6.07) is 12.4. The summed E-state index contributed by atoms with van der Waals surface area (Å²) >= 11 is 5.79. The van der Waals surface area contributed by atoms with Crippen molar-refractivity contribution in [1.29, 1.82) is 0 Å². The number of halogens is 2. The first-order valence-corrected chi connectivity index (χ1v) is 6.76. The van der Waals surface area contributed by atoms with Gasteiger partial charge in [0.25, 0.3) is 0 Å². The Kier molecular flexibility index (Phi) is 4.43. The second-order valence-corrected chi connectivity index (χ2v) is 4.95. The molecule has 0 unspecified atom stereocenters. The van der Waals surface area contributed by atoms with Gasteiger partial charge in [-0.25, -0.2) is 4.39 Å². The largest absolute Gasteiger partial charge is 0.454 e. The molecule has 0 aliphatic heterocycles. The summed E-state index contributed by atoms with van der Waals surface area (Å²) in [7, 11) is 0. The van der Waals surface area contributed by atoms with Crippen LogP contribution in [0.2, 0.25) is 0 Å². The van der Waals surface area contributed by atoms with Gasteiger partial charge in [0, 0.05) is 5.56 Å². The summed E-state index contributed by atoms with van der Waals surface area (Å²) in [5, 5.41) is 0. The molecule has 1 nitrogen and oxygen atoms in total. The Morgan fingerprint density at radius 1 is 1.11 bits per heavy atom. The average Bonchev–Trinajstić information content (AvgIpc) is 2.41. The average molecular weight is 279 g/mol. The monoisotopic (exact) mass is 278 g/mol. The van der Waals surface area contributed by atoms with E-state index in [4.69, 9.17) is 16.3 Å². The predicted octanol–water partition coefficient (Wildman–Crippen LogP) is 5.48. The van der Waals surface area contributed by atoms with E-state index >= 15 is 0 Å². The van der Waals surface area contributed by atoms with E-state index in [9.17, 15) is 4.39 Å².